The second kappa shape index (κ2) is 9.06. The van der Waals surface area contributed by atoms with E-state index in [4.69, 9.17) is 8.85 Å². The number of aromatic amines is 1. The molecule has 3 aromatic carbocycles. The van der Waals surface area contributed by atoms with Crippen molar-refractivity contribution in [1.29, 1.82) is 0 Å². The zero-order chi connectivity index (χ0) is 29.0. The quantitative estimate of drug-likeness (QED) is 0.266. The normalized spacial score (nSPS) is 14.9. The monoisotopic (exact) mass is 512 g/mol. The first-order chi connectivity index (χ1) is 18.8. The molecule has 0 saturated heterocycles. The molecule has 2 heterocycles. The van der Waals surface area contributed by atoms with Crippen LogP contribution in [0, 0.1) is 17.5 Å². The summed E-state index contributed by atoms with van der Waals surface area (Å²) in [6.45, 7) is 0.791. The number of aliphatic hydroxyl groups is 1. The van der Waals surface area contributed by atoms with E-state index in [0.29, 0.717) is 5.39 Å². The Morgan fingerprint density at radius 1 is 1.16 bits per heavy atom. The van der Waals surface area contributed by atoms with Crippen molar-refractivity contribution in [1.82, 2.24) is 14.8 Å². The highest BCUT2D eigenvalue weighted by Gasteiger charge is 2.38. The number of carbonyl (C=O) groups is 1. The highest BCUT2D eigenvalue weighted by atomic mass is 19.2. The Morgan fingerprint density at radius 2 is 1.92 bits per heavy atom. The molecule has 2 aromatic heterocycles. The Bertz CT molecular complexity index is 1770. The minimum atomic E-state index is -2.89. The van der Waals surface area contributed by atoms with Crippen molar-refractivity contribution in [3.8, 4) is 16.8 Å². The highest BCUT2D eigenvalue weighted by molar-refractivity contribution is 6.06. The van der Waals surface area contributed by atoms with E-state index in [1.54, 1.807) is 6.92 Å². The number of nitrogens with one attached hydrogen (secondary N) is 1. The van der Waals surface area contributed by atoms with Crippen molar-refractivity contribution in [2.75, 3.05) is 13.6 Å². The number of carboxylic acids is 1. The Morgan fingerprint density at radius 3 is 2.57 bits per heavy atom. The van der Waals surface area contributed by atoms with E-state index in [1.807, 2.05) is 0 Å². The third-order valence-electron chi connectivity index (χ3n) is 6.53. The fourth-order valence-electron chi connectivity index (χ4n) is 4.65. The molecule has 1 atom stereocenters. The lowest BCUT2D eigenvalue weighted by Gasteiger charge is -2.29. The van der Waals surface area contributed by atoms with Gasteiger partial charge in [-0.15, -0.1) is 0 Å². The molecule has 0 aliphatic heterocycles. The number of nitrogens with zero attached hydrogens (tertiary/aromatic N) is 2. The van der Waals surface area contributed by atoms with Gasteiger partial charge in [-0.2, -0.15) is 5.10 Å². The number of benzene rings is 3. The molecule has 10 heteroatoms. The lowest BCUT2D eigenvalue weighted by molar-refractivity contribution is -0.0422. The SMILES string of the molecule is [2H]C([2H])([2H])OCC(O)(CC)c1c(-c2ccc(C(=O)O)cc2)c2c(F)c3[nH]ncc3cc2n1-c1ccc(F)c(F)c1. The van der Waals surface area contributed by atoms with Crippen molar-refractivity contribution < 1.29 is 37.0 Å². The number of aromatic nitrogens is 3. The van der Waals surface area contributed by atoms with Crippen LogP contribution in [-0.2, 0) is 10.3 Å². The van der Waals surface area contributed by atoms with Gasteiger partial charge in [0.2, 0.25) is 0 Å². The summed E-state index contributed by atoms with van der Waals surface area (Å²) in [5.41, 5.74) is -1.71. The third kappa shape index (κ3) is 3.85. The van der Waals surface area contributed by atoms with Crippen LogP contribution >= 0.6 is 0 Å². The van der Waals surface area contributed by atoms with Gasteiger partial charge in [0.1, 0.15) is 11.1 Å². The summed E-state index contributed by atoms with van der Waals surface area (Å²) in [6, 6.07) is 9.92. The van der Waals surface area contributed by atoms with Crippen molar-refractivity contribution >= 4 is 27.8 Å². The van der Waals surface area contributed by atoms with E-state index in [1.165, 1.54) is 47.2 Å². The molecule has 0 bridgehead atoms. The number of halogens is 3. The summed E-state index contributed by atoms with van der Waals surface area (Å²) in [6.07, 6.45) is 1.23. The second-order valence-corrected chi connectivity index (χ2v) is 8.63. The van der Waals surface area contributed by atoms with Gasteiger partial charge < -0.3 is 19.5 Å². The fraction of sp³-hybridized carbons (Fsp3) is 0.185. The van der Waals surface area contributed by atoms with Crippen LogP contribution in [0.2, 0.25) is 0 Å². The summed E-state index contributed by atoms with van der Waals surface area (Å²) >= 11 is 0. The average molecular weight is 513 g/mol. The minimum Gasteiger partial charge on any atom is -0.478 e. The van der Waals surface area contributed by atoms with Crippen LogP contribution in [0.15, 0.2) is 54.7 Å². The van der Waals surface area contributed by atoms with E-state index in [-0.39, 0.29) is 50.9 Å². The number of carboxylic acid groups (broad SMARTS) is 1. The van der Waals surface area contributed by atoms with E-state index >= 15 is 4.39 Å². The zero-order valence-electron chi connectivity index (χ0n) is 22.3. The van der Waals surface area contributed by atoms with Crippen LogP contribution in [0.3, 0.4) is 0 Å². The minimum absolute atomic E-state index is 0.00955. The van der Waals surface area contributed by atoms with Crippen molar-refractivity contribution in [2.24, 2.45) is 0 Å². The standard InChI is InChI=1S/C27H22F3N3O4/c1-3-27(36,13-37-2)25-21(14-4-6-15(7-5-14)26(34)35)22-20(10-16-12-31-32-24(16)23(22)30)33(25)17-8-9-18(28)19(29)11-17/h4-12,36H,3,13H2,1-2H3,(H,31,32)(H,34,35)/i2D3. The average Bonchev–Trinajstić information content (AvgIpc) is 3.52. The van der Waals surface area contributed by atoms with Gasteiger partial charge in [0.05, 0.1) is 33.7 Å². The topological polar surface area (TPSA) is 100 Å². The van der Waals surface area contributed by atoms with Gasteiger partial charge in [-0.1, -0.05) is 19.1 Å². The summed E-state index contributed by atoms with van der Waals surface area (Å²) in [5.74, 6) is -4.31. The van der Waals surface area contributed by atoms with Crippen LogP contribution in [0.5, 0.6) is 0 Å². The Hall–Kier alpha value is -4.15. The Balaban J connectivity index is 1.97. The molecular formula is C27H22F3N3O4. The largest absolute Gasteiger partial charge is 0.478 e. The molecule has 7 nitrogen and oxygen atoms in total. The number of methoxy groups -OCH3 is 1. The second-order valence-electron chi connectivity index (χ2n) is 8.63. The smallest absolute Gasteiger partial charge is 0.335 e. The number of fused-ring (bicyclic) bond motifs is 2. The van der Waals surface area contributed by atoms with Gasteiger partial charge in [0.15, 0.2) is 17.5 Å². The molecule has 0 saturated carbocycles. The molecular weight excluding hydrogens is 487 g/mol. The fourth-order valence-corrected chi connectivity index (χ4v) is 4.65. The molecule has 5 aromatic rings. The maximum Gasteiger partial charge on any atom is 0.335 e. The number of H-pyrrole nitrogens is 1. The molecule has 37 heavy (non-hydrogen) atoms. The van der Waals surface area contributed by atoms with Gasteiger partial charge in [-0.25, -0.2) is 18.0 Å². The predicted molar refractivity (Wildman–Crippen MR) is 131 cm³/mol. The van der Waals surface area contributed by atoms with Crippen LogP contribution < -0.4 is 0 Å². The maximum atomic E-state index is 16.3. The van der Waals surface area contributed by atoms with Gasteiger partial charge in [0, 0.05) is 35.1 Å². The number of aromatic carboxylic acids is 1. The summed E-state index contributed by atoms with van der Waals surface area (Å²) in [5, 5.41) is 28.1. The van der Waals surface area contributed by atoms with Crippen molar-refractivity contribution in [2.45, 2.75) is 18.9 Å². The number of ether oxygens (including phenoxy) is 1. The van der Waals surface area contributed by atoms with E-state index in [0.717, 1.165) is 12.1 Å². The van der Waals surface area contributed by atoms with Crippen molar-refractivity contribution in [3.05, 3.63) is 83.4 Å². The first kappa shape index (κ1) is 21.0. The van der Waals surface area contributed by atoms with Crippen LogP contribution in [-0.4, -0.2) is 44.6 Å². The lowest BCUT2D eigenvalue weighted by atomic mass is 9.89. The van der Waals surface area contributed by atoms with E-state index in [2.05, 4.69) is 10.2 Å². The van der Waals surface area contributed by atoms with Crippen molar-refractivity contribution in [3.63, 3.8) is 0 Å². The van der Waals surface area contributed by atoms with Gasteiger partial charge in [-0.3, -0.25) is 5.10 Å². The van der Waals surface area contributed by atoms with Crippen LogP contribution in [0.1, 0.15) is 33.5 Å². The van der Waals surface area contributed by atoms with Gasteiger partial charge in [0.25, 0.3) is 0 Å². The summed E-state index contributed by atoms with van der Waals surface area (Å²) < 4.78 is 73.5. The van der Waals surface area contributed by atoms with E-state index in [9.17, 15) is 23.8 Å². The first-order valence-corrected chi connectivity index (χ1v) is 11.2. The molecule has 0 fully saturated rings. The van der Waals surface area contributed by atoms with Crippen LogP contribution in [0.4, 0.5) is 13.2 Å². The number of hydrogen-bond donors (Lipinski definition) is 3. The number of hydrogen-bond acceptors (Lipinski definition) is 4. The Labute approximate surface area is 212 Å². The molecule has 3 N–H and O–H groups in total. The third-order valence-corrected chi connectivity index (χ3v) is 6.53. The molecule has 5 rings (SSSR count). The zero-order valence-corrected chi connectivity index (χ0v) is 19.3. The molecule has 1 unspecified atom stereocenters. The number of rotatable bonds is 7. The highest BCUT2D eigenvalue weighted by Crippen LogP contribution is 2.46. The van der Waals surface area contributed by atoms with Gasteiger partial charge in [-0.05, 0) is 42.3 Å². The predicted octanol–water partition coefficient (Wildman–Crippen LogP) is 5.53. The van der Waals surface area contributed by atoms with Gasteiger partial charge >= 0.3 is 5.97 Å². The molecule has 0 aliphatic carbocycles. The summed E-state index contributed by atoms with van der Waals surface area (Å²) in [4.78, 5) is 11.5. The van der Waals surface area contributed by atoms with E-state index < -0.39 is 42.7 Å². The maximum absolute atomic E-state index is 16.3. The molecule has 0 aliphatic rings. The molecule has 0 spiro atoms. The summed E-state index contributed by atoms with van der Waals surface area (Å²) in [7, 11) is -2.89. The lowest BCUT2D eigenvalue weighted by Crippen LogP contribution is -2.33. The molecule has 0 radical (unpaired) electrons. The molecule has 190 valence electrons. The first-order valence-electron chi connectivity index (χ1n) is 12.7. The van der Waals surface area contributed by atoms with Crippen LogP contribution in [0.25, 0.3) is 38.6 Å². The Kier molecular flexibility index (Phi) is 5.14. The molecule has 0 amide bonds.